The molecule has 0 spiro atoms. The van der Waals surface area contributed by atoms with E-state index in [-0.39, 0.29) is 0 Å². The fourth-order valence-electron chi connectivity index (χ4n) is 2.61. The summed E-state index contributed by atoms with van der Waals surface area (Å²) in [5.41, 5.74) is 2.56. The standard InChI is InChI=1S/C15H19N3O/c1-2-12-9-18-14(19-12)10-17-13-7-3-5-11-6-4-8-16-15(11)13/h4,6,8-9,13,17H,2-3,5,7,10H2,1H3. The zero-order chi connectivity index (χ0) is 13.1. The third-order valence-corrected chi connectivity index (χ3v) is 3.64. The minimum atomic E-state index is 0.321. The zero-order valence-corrected chi connectivity index (χ0v) is 11.2. The summed E-state index contributed by atoms with van der Waals surface area (Å²) < 4.78 is 5.62. The normalized spacial score (nSPS) is 18.3. The maximum absolute atomic E-state index is 5.62. The lowest BCUT2D eigenvalue weighted by atomic mass is 9.92. The van der Waals surface area contributed by atoms with E-state index in [0.29, 0.717) is 12.6 Å². The number of aryl methyl sites for hydroxylation is 2. The van der Waals surface area contributed by atoms with Crippen LogP contribution in [0.5, 0.6) is 0 Å². The summed E-state index contributed by atoms with van der Waals surface area (Å²) in [5, 5.41) is 3.51. The Morgan fingerprint density at radius 3 is 3.21 bits per heavy atom. The van der Waals surface area contributed by atoms with Gasteiger partial charge in [0.25, 0.3) is 0 Å². The lowest BCUT2D eigenvalue weighted by Crippen LogP contribution is -2.26. The van der Waals surface area contributed by atoms with Gasteiger partial charge in [-0.2, -0.15) is 0 Å². The maximum Gasteiger partial charge on any atom is 0.208 e. The Morgan fingerprint density at radius 1 is 1.42 bits per heavy atom. The number of nitrogens with zero attached hydrogens (tertiary/aromatic N) is 2. The molecule has 1 aliphatic rings. The van der Waals surface area contributed by atoms with Crippen LogP contribution in [0, 0.1) is 0 Å². The summed E-state index contributed by atoms with van der Waals surface area (Å²) in [5.74, 6) is 1.71. The summed E-state index contributed by atoms with van der Waals surface area (Å²) in [6, 6.07) is 4.52. The fourth-order valence-corrected chi connectivity index (χ4v) is 2.61. The van der Waals surface area contributed by atoms with Gasteiger partial charge in [0.05, 0.1) is 24.5 Å². The molecule has 2 aromatic heterocycles. The molecule has 3 rings (SSSR count). The van der Waals surface area contributed by atoms with E-state index in [1.807, 2.05) is 18.5 Å². The van der Waals surface area contributed by atoms with Crippen LogP contribution in [-0.4, -0.2) is 9.97 Å². The van der Waals surface area contributed by atoms with Gasteiger partial charge in [-0.3, -0.25) is 4.98 Å². The minimum Gasteiger partial charge on any atom is -0.444 e. The molecule has 0 bridgehead atoms. The lowest BCUT2D eigenvalue weighted by Gasteiger charge is -2.24. The quantitative estimate of drug-likeness (QED) is 0.915. The molecule has 1 N–H and O–H groups in total. The topological polar surface area (TPSA) is 51.0 Å². The van der Waals surface area contributed by atoms with Crippen LogP contribution in [0.2, 0.25) is 0 Å². The summed E-state index contributed by atoms with van der Waals surface area (Å²) >= 11 is 0. The highest BCUT2D eigenvalue weighted by molar-refractivity contribution is 5.25. The van der Waals surface area contributed by atoms with Gasteiger partial charge in [-0.15, -0.1) is 0 Å². The molecule has 2 aromatic rings. The van der Waals surface area contributed by atoms with Crippen molar-refractivity contribution >= 4 is 0 Å². The first-order valence-corrected chi connectivity index (χ1v) is 6.97. The van der Waals surface area contributed by atoms with E-state index in [1.54, 1.807) is 0 Å². The van der Waals surface area contributed by atoms with Gasteiger partial charge in [0, 0.05) is 12.6 Å². The highest BCUT2D eigenvalue weighted by Gasteiger charge is 2.21. The fraction of sp³-hybridized carbons (Fsp3) is 0.467. The van der Waals surface area contributed by atoms with Crippen molar-refractivity contribution in [2.24, 2.45) is 0 Å². The number of oxazole rings is 1. The molecule has 0 radical (unpaired) electrons. The van der Waals surface area contributed by atoms with E-state index >= 15 is 0 Å². The molecule has 4 heteroatoms. The third kappa shape index (κ3) is 2.68. The third-order valence-electron chi connectivity index (χ3n) is 3.64. The van der Waals surface area contributed by atoms with Gasteiger partial charge in [-0.1, -0.05) is 13.0 Å². The molecule has 2 heterocycles. The second kappa shape index (κ2) is 5.53. The van der Waals surface area contributed by atoms with E-state index < -0.39 is 0 Å². The summed E-state index contributed by atoms with van der Waals surface area (Å²) in [7, 11) is 0. The van der Waals surface area contributed by atoms with E-state index in [1.165, 1.54) is 17.7 Å². The Hall–Kier alpha value is -1.68. The average Bonchev–Trinajstić information content (AvgIpc) is 2.93. The smallest absolute Gasteiger partial charge is 0.208 e. The van der Waals surface area contributed by atoms with Crippen LogP contribution in [-0.2, 0) is 19.4 Å². The SMILES string of the molecule is CCc1cnc(CNC2CCCc3cccnc32)o1. The summed E-state index contributed by atoms with van der Waals surface area (Å²) in [4.78, 5) is 8.80. The molecule has 0 saturated heterocycles. The van der Waals surface area contributed by atoms with Crippen LogP contribution < -0.4 is 5.32 Å². The highest BCUT2D eigenvalue weighted by Crippen LogP contribution is 2.27. The van der Waals surface area contributed by atoms with Gasteiger partial charge < -0.3 is 9.73 Å². The second-order valence-electron chi connectivity index (χ2n) is 4.95. The van der Waals surface area contributed by atoms with Crippen LogP contribution in [0.4, 0.5) is 0 Å². The van der Waals surface area contributed by atoms with Crippen LogP contribution in [0.3, 0.4) is 0 Å². The summed E-state index contributed by atoms with van der Waals surface area (Å²) in [6.45, 7) is 2.74. The number of hydrogen-bond acceptors (Lipinski definition) is 4. The first-order valence-electron chi connectivity index (χ1n) is 6.97. The molecule has 19 heavy (non-hydrogen) atoms. The van der Waals surface area contributed by atoms with Gasteiger partial charge in [-0.25, -0.2) is 4.98 Å². The molecular weight excluding hydrogens is 238 g/mol. The van der Waals surface area contributed by atoms with Crippen molar-refractivity contribution < 1.29 is 4.42 Å². The Labute approximate surface area is 113 Å². The number of pyridine rings is 1. The van der Waals surface area contributed by atoms with Gasteiger partial charge in [-0.05, 0) is 30.9 Å². The monoisotopic (exact) mass is 257 g/mol. The Bertz CT molecular complexity index is 550. The van der Waals surface area contributed by atoms with Crippen molar-refractivity contribution in [3.05, 3.63) is 47.4 Å². The molecule has 0 amide bonds. The van der Waals surface area contributed by atoms with Crippen molar-refractivity contribution in [1.29, 1.82) is 0 Å². The Kier molecular flexibility index (Phi) is 3.60. The Morgan fingerprint density at radius 2 is 2.37 bits per heavy atom. The van der Waals surface area contributed by atoms with E-state index in [0.717, 1.165) is 30.9 Å². The van der Waals surface area contributed by atoms with Crippen LogP contribution >= 0.6 is 0 Å². The highest BCUT2D eigenvalue weighted by atomic mass is 16.4. The Balaban J connectivity index is 1.68. The van der Waals surface area contributed by atoms with Gasteiger partial charge in [0.2, 0.25) is 5.89 Å². The molecule has 1 atom stereocenters. The molecule has 1 unspecified atom stereocenters. The predicted molar refractivity (Wildman–Crippen MR) is 72.6 cm³/mol. The number of rotatable bonds is 4. The van der Waals surface area contributed by atoms with Gasteiger partial charge in [0.15, 0.2) is 0 Å². The predicted octanol–water partition coefficient (Wildman–Crippen LogP) is 2.80. The minimum absolute atomic E-state index is 0.321. The van der Waals surface area contributed by atoms with Crippen molar-refractivity contribution in [3.63, 3.8) is 0 Å². The molecule has 0 aromatic carbocycles. The number of nitrogens with one attached hydrogen (secondary N) is 1. The maximum atomic E-state index is 5.62. The van der Waals surface area contributed by atoms with Crippen LogP contribution in [0.15, 0.2) is 28.9 Å². The van der Waals surface area contributed by atoms with Crippen LogP contribution in [0.25, 0.3) is 0 Å². The van der Waals surface area contributed by atoms with E-state index in [4.69, 9.17) is 4.42 Å². The molecule has 1 aliphatic carbocycles. The van der Waals surface area contributed by atoms with Gasteiger partial charge >= 0.3 is 0 Å². The number of hydrogen-bond donors (Lipinski definition) is 1. The second-order valence-corrected chi connectivity index (χ2v) is 4.95. The van der Waals surface area contributed by atoms with Crippen molar-refractivity contribution in [1.82, 2.24) is 15.3 Å². The number of fused-ring (bicyclic) bond motifs is 1. The van der Waals surface area contributed by atoms with Crippen molar-refractivity contribution in [3.8, 4) is 0 Å². The zero-order valence-electron chi connectivity index (χ0n) is 11.2. The van der Waals surface area contributed by atoms with Crippen molar-refractivity contribution in [2.45, 2.75) is 45.2 Å². The molecular formula is C15H19N3O. The van der Waals surface area contributed by atoms with Crippen molar-refractivity contribution in [2.75, 3.05) is 0 Å². The summed E-state index contributed by atoms with van der Waals surface area (Å²) in [6.07, 6.45) is 8.05. The van der Waals surface area contributed by atoms with E-state index in [2.05, 4.69) is 28.3 Å². The first-order chi connectivity index (χ1) is 9.36. The molecule has 100 valence electrons. The largest absolute Gasteiger partial charge is 0.444 e. The van der Waals surface area contributed by atoms with E-state index in [9.17, 15) is 0 Å². The molecule has 4 nitrogen and oxygen atoms in total. The molecule has 0 aliphatic heterocycles. The first kappa shape index (κ1) is 12.4. The van der Waals surface area contributed by atoms with Crippen LogP contribution in [0.1, 0.15) is 48.7 Å². The lowest BCUT2D eigenvalue weighted by molar-refractivity contribution is 0.391. The molecule has 0 fully saturated rings. The average molecular weight is 257 g/mol. The molecule has 0 saturated carbocycles. The van der Waals surface area contributed by atoms with Gasteiger partial charge in [0.1, 0.15) is 5.76 Å². The number of aromatic nitrogens is 2.